The smallest absolute Gasteiger partial charge is 0.342 e. The van der Waals surface area contributed by atoms with Gasteiger partial charge in [0, 0.05) is 18.1 Å². The molecular weight excluding hydrogens is 386 g/mol. The van der Waals surface area contributed by atoms with E-state index >= 15 is 0 Å². The van der Waals surface area contributed by atoms with Crippen molar-refractivity contribution in [1.82, 2.24) is 4.90 Å². The summed E-state index contributed by atoms with van der Waals surface area (Å²) in [7, 11) is 3.13. The zero-order valence-corrected chi connectivity index (χ0v) is 16.3. The van der Waals surface area contributed by atoms with E-state index in [2.05, 4.69) is 0 Å². The summed E-state index contributed by atoms with van der Waals surface area (Å²) in [5, 5.41) is 10.0. The van der Waals surface area contributed by atoms with Gasteiger partial charge in [0.2, 0.25) is 0 Å². The zero-order chi connectivity index (χ0) is 20.3. The fraction of sp³-hybridized carbons (Fsp3) is 0.300. The first-order valence-electron chi connectivity index (χ1n) is 8.60. The first-order valence-corrected chi connectivity index (χ1v) is 8.98. The number of fused-ring (bicyclic) bond motifs is 1. The number of methoxy groups -OCH3 is 2. The Morgan fingerprint density at radius 1 is 1.11 bits per heavy atom. The molecule has 0 saturated carbocycles. The van der Waals surface area contributed by atoms with E-state index in [4.69, 9.17) is 25.8 Å². The van der Waals surface area contributed by atoms with E-state index in [1.54, 1.807) is 19.1 Å². The quantitative estimate of drug-likeness (QED) is 0.770. The summed E-state index contributed by atoms with van der Waals surface area (Å²) in [6.45, 7) is 0.461. The average Bonchev–Trinajstić information content (AvgIpc) is 2.71. The maximum Gasteiger partial charge on any atom is 0.342 e. The Balaban J connectivity index is 1.65. The van der Waals surface area contributed by atoms with Crippen LogP contribution in [0, 0.1) is 0 Å². The van der Waals surface area contributed by atoms with Crippen molar-refractivity contribution in [2.75, 3.05) is 27.4 Å². The molecule has 0 bridgehead atoms. The molecule has 1 aliphatic heterocycles. The lowest BCUT2D eigenvalue weighted by Crippen LogP contribution is -2.38. The van der Waals surface area contributed by atoms with Crippen molar-refractivity contribution in [3.63, 3.8) is 0 Å². The monoisotopic (exact) mass is 405 g/mol. The van der Waals surface area contributed by atoms with Gasteiger partial charge in [0.25, 0.3) is 5.91 Å². The van der Waals surface area contributed by atoms with Gasteiger partial charge in [0.05, 0.1) is 14.2 Å². The van der Waals surface area contributed by atoms with E-state index < -0.39 is 12.6 Å². The third kappa shape index (κ3) is 4.14. The number of hydrogen-bond acceptors (Lipinski definition) is 6. The molecule has 0 radical (unpaired) electrons. The van der Waals surface area contributed by atoms with Crippen molar-refractivity contribution in [1.29, 1.82) is 0 Å². The number of rotatable bonds is 5. The highest BCUT2D eigenvalue weighted by atomic mass is 35.5. The molecule has 7 nitrogen and oxygen atoms in total. The fourth-order valence-corrected chi connectivity index (χ4v) is 3.24. The predicted octanol–water partition coefficient (Wildman–Crippen LogP) is 2.80. The molecule has 2 aromatic rings. The van der Waals surface area contributed by atoms with Crippen LogP contribution < -0.4 is 9.47 Å². The molecule has 1 N–H and O–H groups in total. The number of aromatic hydroxyl groups is 1. The molecule has 0 unspecified atom stereocenters. The van der Waals surface area contributed by atoms with Crippen molar-refractivity contribution in [3.05, 3.63) is 52.0 Å². The van der Waals surface area contributed by atoms with Crippen molar-refractivity contribution in [2.24, 2.45) is 0 Å². The number of esters is 1. The molecule has 0 saturated heterocycles. The Labute approximate surface area is 167 Å². The van der Waals surface area contributed by atoms with Crippen LogP contribution in [0.15, 0.2) is 30.3 Å². The first-order chi connectivity index (χ1) is 13.4. The molecule has 0 aliphatic carbocycles. The van der Waals surface area contributed by atoms with Gasteiger partial charge in [-0.25, -0.2) is 4.79 Å². The van der Waals surface area contributed by atoms with Crippen LogP contribution >= 0.6 is 11.6 Å². The Kier molecular flexibility index (Phi) is 5.94. The van der Waals surface area contributed by atoms with Crippen LogP contribution in [0.5, 0.6) is 17.2 Å². The average molecular weight is 406 g/mol. The van der Waals surface area contributed by atoms with Gasteiger partial charge in [-0.15, -0.1) is 0 Å². The van der Waals surface area contributed by atoms with Gasteiger partial charge in [-0.05, 0) is 47.9 Å². The maximum absolute atomic E-state index is 12.5. The van der Waals surface area contributed by atoms with Crippen molar-refractivity contribution < 1.29 is 28.9 Å². The van der Waals surface area contributed by atoms with Crippen LogP contribution in [0.3, 0.4) is 0 Å². The van der Waals surface area contributed by atoms with Gasteiger partial charge >= 0.3 is 5.97 Å². The second-order valence-electron chi connectivity index (χ2n) is 6.28. The summed E-state index contributed by atoms with van der Waals surface area (Å²) in [5.74, 6) is -0.142. The molecule has 3 rings (SSSR count). The van der Waals surface area contributed by atoms with Crippen molar-refractivity contribution >= 4 is 23.5 Å². The fourth-order valence-electron chi connectivity index (χ4n) is 3.06. The molecule has 1 amide bonds. The number of phenols is 1. The molecule has 28 heavy (non-hydrogen) atoms. The Bertz CT molecular complexity index is 914. The minimum Gasteiger partial charge on any atom is -0.507 e. The van der Waals surface area contributed by atoms with Crippen molar-refractivity contribution in [3.8, 4) is 17.2 Å². The minimum absolute atomic E-state index is 0.0823. The highest BCUT2D eigenvalue weighted by Crippen LogP contribution is 2.33. The molecule has 0 aromatic heterocycles. The number of ether oxygens (including phenoxy) is 3. The summed E-state index contributed by atoms with van der Waals surface area (Å²) in [5.41, 5.74) is 1.96. The van der Waals surface area contributed by atoms with E-state index in [0.717, 1.165) is 11.1 Å². The van der Waals surface area contributed by atoms with Gasteiger partial charge in [0.1, 0.15) is 11.3 Å². The topological polar surface area (TPSA) is 85.3 Å². The van der Waals surface area contributed by atoms with Crippen molar-refractivity contribution in [2.45, 2.75) is 13.0 Å². The third-order valence-electron chi connectivity index (χ3n) is 4.58. The molecule has 148 valence electrons. The van der Waals surface area contributed by atoms with Crippen LogP contribution in [0.2, 0.25) is 5.02 Å². The van der Waals surface area contributed by atoms with E-state index in [1.807, 2.05) is 12.1 Å². The molecule has 1 heterocycles. The SMILES string of the molecule is COc1cc2c(cc1OC)CN(C(=O)COC(=O)c1cc(Cl)ccc1O)CC2. The van der Waals surface area contributed by atoms with Crippen LogP contribution in [0.4, 0.5) is 0 Å². The molecule has 8 heteroatoms. The van der Waals surface area contributed by atoms with Gasteiger partial charge < -0.3 is 24.2 Å². The molecule has 0 atom stereocenters. The second kappa shape index (κ2) is 8.39. The first kappa shape index (κ1) is 19.8. The van der Waals surface area contributed by atoms with E-state index in [-0.39, 0.29) is 22.2 Å². The lowest BCUT2D eigenvalue weighted by molar-refractivity contribution is -0.135. The van der Waals surface area contributed by atoms with Crippen LogP contribution in [0.1, 0.15) is 21.5 Å². The van der Waals surface area contributed by atoms with Gasteiger partial charge in [-0.1, -0.05) is 11.6 Å². The van der Waals surface area contributed by atoms with Gasteiger partial charge in [0.15, 0.2) is 18.1 Å². The molecule has 0 fully saturated rings. The summed E-state index contributed by atoms with van der Waals surface area (Å²) in [4.78, 5) is 26.2. The predicted molar refractivity (Wildman–Crippen MR) is 102 cm³/mol. The van der Waals surface area contributed by atoms with Crippen LogP contribution in [-0.2, 0) is 22.5 Å². The Morgan fingerprint density at radius 3 is 2.46 bits per heavy atom. The highest BCUT2D eigenvalue weighted by molar-refractivity contribution is 6.31. The van der Waals surface area contributed by atoms with Crippen LogP contribution in [-0.4, -0.2) is 49.3 Å². The zero-order valence-electron chi connectivity index (χ0n) is 15.5. The molecule has 2 aromatic carbocycles. The number of amides is 1. The summed E-state index contributed by atoms with van der Waals surface area (Å²) in [6, 6.07) is 7.80. The molecular formula is C20H20ClNO6. The Morgan fingerprint density at radius 2 is 1.79 bits per heavy atom. The lowest BCUT2D eigenvalue weighted by Gasteiger charge is -2.29. The number of nitrogens with zero attached hydrogens (tertiary/aromatic N) is 1. The van der Waals surface area contributed by atoms with E-state index in [0.29, 0.717) is 31.0 Å². The van der Waals surface area contributed by atoms with E-state index in [9.17, 15) is 14.7 Å². The lowest BCUT2D eigenvalue weighted by atomic mass is 9.99. The number of benzene rings is 2. The largest absolute Gasteiger partial charge is 0.507 e. The minimum atomic E-state index is -0.808. The Hall–Kier alpha value is -2.93. The number of carbonyl (C=O) groups is 2. The molecule has 0 spiro atoms. The molecule has 1 aliphatic rings. The maximum atomic E-state index is 12.5. The van der Waals surface area contributed by atoms with Gasteiger partial charge in [-0.2, -0.15) is 0 Å². The number of phenolic OH excluding ortho intramolecular Hbond substituents is 1. The second-order valence-corrected chi connectivity index (χ2v) is 6.72. The summed E-state index contributed by atoms with van der Waals surface area (Å²) in [6.07, 6.45) is 0.657. The highest BCUT2D eigenvalue weighted by Gasteiger charge is 2.24. The third-order valence-corrected chi connectivity index (χ3v) is 4.81. The normalized spacial score (nSPS) is 12.9. The summed E-state index contributed by atoms with van der Waals surface area (Å²) < 4.78 is 15.7. The number of hydrogen-bond donors (Lipinski definition) is 1. The van der Waals surface area contributed by atoms with Crippen LogP contribution in [0.25, 0.3) is 0 Å². The standard InChI is InChI=1S/C20H20ClNO6/c1-26-17-7-12-5-6-22(10-13(12)8-18(17)27-2)19(24)11-28-20(25)15-9-14(21)3-4-16(15)23/h3-4,7-9,23H,5-6,10-11H2,1-2H3. The van der Waals surface area contributed by atoms with Gasteiger partial charge in [-0.3, -0.25) is 4.79 Å². The number of halogens is 1. The summed E-state index contributed by atoms with van der Waals surface area (Å²) >= 11 is 5.83. The van der Waals surface area contributed by atoms with E-state index in [1.165, 1.54) is 18.2 Å². The number of carbonyl (C=O) groups excluding carboxylic acids is 2.